The molecule has 1 fully saturated rings. The van der Waals surface area contributed by atoms with Gasteiger partial charge in [-0.2, -0.15) is 0 Å². The van der Waals surface area contributed by atoms with Crippen LogP contribution in [-0.2, 0) is 6.54 Å². The summed E-state index contributed by atoms with van der Waals surface area (Å²) in [6, 6.07) is 5.98. The Morgan fingerprint density at radius 2 is 2.11 bits per heavy atom. The molecule has 1 heterocycles. The first-order chi connectivity index (χ1) is 9.24. The van der Waals surface area contributed by atoms with Crippen molar-refractivity contribution in [2.45, 2.75) is 32.4 Å². The second-order valence-corrected chi connectivity index (χ2v) is 5.04. The molecule has 4 heteroatoms. The fraction of sp³-hybridized carbons (Fsp3) is 0.600. The molecule has 1 aliphatic rings. The molecular formula is C15H23FN2O. The van der Waals surface area contributed by atoms with E-state index in [1.807, 2.05) is 12.1 Å². The Morgan fingerprint density at radius 3 is 2.74 bits per heavy atom. The van der Waals surface area contributed by atoms with Gasteiger partial charge in [-0.1, -0.05) is 19.1 Å². The number of likely N-dealkylation sites (tertiary alicyclic amines) is 1. The maximum Gasteiger partial charge on any atom is 0.169 e. The van der Waals surface area contributed by atoms with E-state index in [0.29, 0.717) is 18.3 Å². The summed E-state index contributed by atoms with van der Waals surface area (Å²) in [7, 11) is 1.50. The van der Waals surface area contributed by atoms with Crippen molar-refractivity contribution in [3.8, 4) is 5.75 Å². The first kappa shape index (κ1) is 14.3. The molecule has 0 aliphatic carbocycles. The van der Waals surface area contributed by atoms with Gasteiger partial charge in [0.2, 0.25) is 0 Å². The Morgan fingerprint density at radius 1 is 1.37 bits per heavy atom. The fourth-order valence-corrected chi connectivity index (χ4v) is 2.66. The summed E-state index contributed by atoms with van der Waals surface area (Å²) < 4.78 is 19.1. The molecular weight excluding hydrogens is 243 g/mol. The van der Waals surface area contributed by atoms with Gasteiger partial charge in [-0.25, -0.2) is 4.39 Å². The van der Waals surface area contributed by atoms with Gasteiger partial charge in [-0.15, -0.1) is 0 Å². The number of halogens is 1. The lowest BCUT2D eigenvalue weighted by atomic mass is 10.0. The second kappa shape index (κ2) is 6.87. The maximum absolute atomic E-state index is 14.1. The van der Waals surface area contributed by atoms with Gasteiger partial charge in [0, 0.05) is 18.2 Å². The molecule has 2 rings (SSSR count). The average molecular weight is 266 g/mol. The maximum atomic E-state index is 14.1. The zero-order valence-electron chi connectivity index (χ0n) is 11.8. The number of hydrogen-bond acceptors (Lipinski definition) is 3. The molecule has 3 nitrogen and oxygen atoms in total. The molecule has 0 bridgehead atoms. The molecule has 0 spiro atoms. The third-order valence-corrected chi connectivity index (χ3v) is 3.74. The Kier molecular flexibility index (Phi) is 5.16. The van der Waals surface area contributed by atoms with E-state index in [1.165, 1.54) is 7.11 Å². The lowest BCUT2D eigenvalue weighted by Crippen LogP contribution is -2.42. The van der Waals surface area contributed by atoms with Crippen LogP contribution in [0.4, 0.5) is 4.39 Å². The van der Waals surface area contributed by atoms with Gasteiger partial charge in [0.05, 0.1) is 7.11 Å². The molecule has 106 valence electrons. The zero-order chi connectivity index (χ0) is 13.7. The van der Waals surface area contributed by atoms with Gasteiger partial charge < -0.3 is 10.1 Å². The van der Waals surface area contributed by atoms with Gasteiger partial charge in [-0.05, 0) is 38.5 Å². The summed E-state index contributed by atoms with van der Waals surface area (Å²) in [6.45, 7) is 5.87. The van der Waals surface area contributed by atoms with Crippen LogP contribution in [0.2, 0.25) is 0 Å². The molecule has 1 N–H and O–H groups in total. The Labute approximate surface area is 114 Å². The van der Waals surface area contributed by atoms with Crippen LogP contribution in [0.3, 0.4) is 0 Å². The molecule has 1 aromatic carbocycles. The average Bonchev–Trinajstić information content (AvgIpc) is 2.43. The molecule has 0 atom stereocenters. The fourth-order valence-electron chi connectivity index (χ4n) is 2.66. The Balaban J connectivity index is 1.92. The van der Waals surface area contributed by atoms with E-state index < -0.39 is 0 Å². The van der Waals surface area contributed by atoms with Gasteiger partial charge in [0.15, 0.2) is 11.6 Å². The topological polar surface area (TPSA) is 24.5 Å². The number of piperidine rings is 1. The van der Waals surface area contributed by atoms with Crippen molar-refractivity contribution in [3.63, 3.8) is 0 Å². The highest BCUT2D eigenvalue weighted by atomic mass is 19.1. The van der Waals surface area contributed by atoms with Crippen LogP contribution in [0.5, 0.6) is 5.75 Å². The van der Waals surface area contributed by atoms with Crippen molar-refractivity contribution in [2.75, 3.05) is 26.7 Å². The second-order valence-electron chi connectivity index (χ2n) is 5.04. The van der Waals surface area contributed by atoms with E-state index in [4.69, 9.17) is 4.74 Å². The number of hydrogen-bond donors (Lipinski definition) is 1. The van der Waals surface area contributed by atoms with E-state index in [-0.39, 0.29) is 5.82 Å². The number of benzene rings is 1. The summed E-state index contributed by atoms with van der Waals surface area (Å²) >= 11 is 0. The van der Waals surface area contributed by atoms with Crippen LogP contribution in [0.1, 0.15) is 25.3 Å². The molecule has 0 unspecified atom stereocenters. The first-order valence-corrected chi connectivity index (χ1v) is 7.01. The highest BCUT2D eigenvalue weighted by Crippen LogP contribution is 2.22. The molecule has 0 aromatic heterocycles. The van der Waals surface area contributed by atoms with Crippen LogP contribution in [0.25, 0.3) is 0 Å². The number of nitrogens with one attached hydrogen (secondary N) is 1. The number of methoxy groups -OCH3 is 1. The first-order valence-electron chi connectivity index (χ1n) is 7.01. The predicted octanol–water partition coefficient (Wildman–Crippen LogP) is 2.41. The molecule has 1 aromatic rings. The highest BCUT2D eigenvalue weighted by Gasteiger charge is 2.19. The smallest absolute Gasteiger partial charge is 0.169 e. The minimum absolute atomic E-state index is 0.223. The molecule has 0 radical (unpaired) electrons. The van der Waals surface area contributed by atoms with E-state index in [0.717, 1.165) is 38.0 Å². The molecule has 1 aliphatic heterocycles. The number of rotatable bonds is 5. The highest BCUT2D eigenvalue weighted by molar-refractivity contribution is 5.31. The van der Waals surface area contributed by atoms with E-state index in [2.05, 4.69) is 17.1 Å². The van der Waals surface area contributed by atoms with Gasteiger partial charge >= 0.3 is 0 Å². The number of nitrogens with zero attached hydrogens (tertiary/aromatic N) is 1. The minimum Gasteiger partial charge on any atom is -0.494 e. The van der Waals surface area contributed by atoms with Gasteiger partial charge in [-0.3, -0.25) is 4.90 Å². The van der Waals surface area contributed by atoms with Gasteiger partial charge in [0.1, 0.15) is 0 Å². The van der Waals surface area contributed by atoms with Gasteiger partial charge in [0.25, 0.3) is 0 Å². The number of ether oxygens (including phenoxy) is 1. The van der Waals surface area contributed by atoms with Crippen molar-refractivity contribution < 1.29 is 9.13 Å². The van der Waals surface area contributed by atoms with Crippen LogP contribution in [-0.4, -0.2) is 37.7 Å². The van der Waals surface area contributed by atoms with Crippen LogP contribution < -0.4 is 10.1 Å². The van der Waals surface area contributed by atoms with Crippen LogP contribution in [0.15, 0.2) is 18.2 Å². The van der Waals surface area contributed by atoms with E-state index in [9.17, 15) is 4.39 Å². The third-order valence-electron chi connectivity index (χ3n) is 3.74. The molecule has 1 saturated heterocycles. The Hall–Kier alpha value is -1.13. The van der Waals surface area contributed by atoms with Crippen molar-refractivity contribution in [1.82, 2.24) is 10.2 Å². The van der Waals surface area contributed by atoms with E-state index in [1.54, 1.807) is 6.07 Å². The quantitative estimate of drug-likeness (QED) is 0.885. The largest absolute Gasteiger partial charge is 0.494 e. The molecule has 0 saturated carbocycles. The SMILES string of the molecule is CCNC1CCN(Cc2cccc(OC)c2F)CC1. The monoisotopic (exact) mass is 266 g/mol. The van der Waals surface area contributed by atoms with Crippen molar-refractivity contribution in [3.05, 3.63) is 29.6 Å². The normalized spacial score (nSPS) is 17.6. The summed E-state index contributed by atoms with van der Waals surface area (Å²) in [6.07, 6.45) is 2.28. The lowest BCUT2D eigenvalue weighted by Gasteiger charge is -2.32. The zero-order valence-corrected chi connectivity index (χ0v) is 11.8. The third kappa shape index (κ3) is 3.67. The summed E-state index contributed by atoms with van der Waals surface area (Å²) in [5, 5.41) is 3.48. The van der Waals surface area contributed by atoms with Crippen molar-refractivity contribution >= 4 is 0 Å². The van der Waals surface area contributed by atoms with Crippen molar-refractivity contribution in [1.29, 1.82) is 0 Å². The molecule has 19 heavy (non-hydrogen) atoms. The predicted molar refractivity (Wildman–Crippen MR) is 74.9 cm³/mol. The van der Waals surface area contributed by atoms with Crippen LogP contribution >= 0.6 is 0 Å². The standard InChI is InChI=1S/C15H23FN2O/c1-3-17-13-7-9-18(10-8-13)11-12-5-4-6-14(19-2)15(12)16/h4-6,13,17H,3,7-11H2,1-2H3. The minimum atomic E-state index is -0.223. The summed E-state index contributed by atoms with van der Waals surface area (Å²) in [4.78, 5) is 2.31. The van der Waals surface area contributed by atoms with E-state index >= 15 is 0 Å². The van der Waals surface area contributed by atoms with Crippen molar-refractivity contribution in [2.24, 2.45) is 0 Å². The molecule has 0 amide bonds. The lowest BCUT2D eigenvalue weighted by molar-refractivity contribution is 0.189. The summed E-state index contributed by atoms with van der Waals surface area (Å²) in [5.74, 6) is 0.110. The van der Waals surface area contributed by atoms with Crippen LogP contribution in [0, 0.1) is 5.82 Å². The Bertz CT molecular complexity index is 403. The summed E-state index contributed by atoms with van der Waals surface area (Å²) in [5.41, 5.74) is 0.723.